The topological polar surface area (TPSA) is 15.3 Å². The van der Waals surface area contributed by atoms with Crippen LogP contribution in [0, 0.1) is 0 Å². The van der Waals surface area contributed by atoms with E-state index in [-0.39, 0.29) is 0 Å². The van der Waals surface area contributed by atoms with Gasteiger partial charge in [-0.05, 0) is 43.3 Å². The van der Waals surface area contributed by atoms with Crippen LogP contribution < -0.4 is 5.32 Å². The lowest BCUT2D eigenvalue weighted by Gasteiger charge is -2.18. The van der Waals surface area contributed by atoms with E-state index in [0.717, 1.165) is 30.5 Å². The Bertz CT molecular complexity index is 553. The number of nitrogens with zero attached hydrogens (tertiary/aromatic N) is 1. The van der Waals surface area contributed by atoms with Gasteiger partial charge in [-0.25, -0.2) is 0 Å². The third-order valence-electron chi connectivity index (χ3n) is 3.36. The van der Waals surface area contributed by atoms with Crippen LogP contribution in [0.2, 0.25) is 4.34 Å². The van der Waals surface area contributed by atoms with E-state index < -0.39 is 0 Å². The highest BCUT2D eigenvalue weighted by Gasteiger charge is 2.07. The van der Waals surface area contributed by atoms with Gasteiger partial charge in [0.1, 0.15) is 0 Å². The zero-order valence-electron chi connectivity index (χ0n) is 12.7. The maximum absolute atomic E-state index is 5.99. The minimum absolute atomic E-state index is 0.863. The van der Waals surface area contributed by atoms with Gasteiger partial charge in [-0.1, -0.05) is 42.8 Å². The van der Waals surface area contributed by atoms with Crippen molar-refractivity contribution in [3.05, 3.63) is 56.7 Å². The summed E-state index contributed by atoms with van der Waals surface area (Å²) < 4.78 is 0.863. The van der Waals surface area contributed by atoms with Crippen LogP contribution in [-0.2, 0) is 19.6 Å². The summed E-state index contributed by atoms with van der Waals surface area (Å²) in [6.07, 6.45) is 1.17. The summed E-state index contributed by atoms with van der Waals surface area (Å²) in [4.78, 5) is 3.64. The first kappa shape index (κ1) is 16.5. The Labute approximate surface area is 136 Å². The van der Waals surface area contributed by atoms with E-state index in [1.54, 1.807) is 11.3 Å². The molecule has 2 aromatic rings. The van der Waals surface area contributed by atoms with E-state index in [1.165, 1.54) is 22.4 Å². The fourth-order valence-corrected chi connectivity index (χ4v) is 3.50. The van der Waals surface area contributed by atoms with Crippen molar-refractivity contribution >= 4 is 22.9 Å². The largest absolute Gasteiger partial charge is 0.313 e. The Morgan fingerprint density at radius 1 is 1.10 bits per heavy atom. The number of halogens is 1. The molecule has 0 fully saturated rings. The molecule has 1 heterocycles. The quantitative estimate of drug-likeness (QED) is 0.718. The summed E-state index contributed by atoms with van der Waals surface area (Å²) in [5, 5.41) is 3.48. The highest BCUT2D eigenvalue weighted by Crippen LogP contribution is 2.23. The summed E-state index contributed by atoms with van der Waals surface area (Å²) in [6.45, 7) is 6.10. The van der Waals surface area contributed by atoms with Gasteiger partial charge in [0.2, 0.25) is 0 Å². The van der Waals surface area contributed by atoms with Gasteiger partial charge in [0.15, 0.2) is 0 Å². The molecule has 0 atom stereocenters. The molecule has 114 valence electrons. The van der Waals surface area contributed by atoms with Crippen molar-refractivity contribution in [2.45, 2.75) is 33.0 Å². The first-order valence-corrected chi connectivity index (χ1v) is 8.58. The molecule has 0 amide bonds. The van der Waals surface area contributed by atoms with Crippen LogP contribution in [0.1, 0.15) is 29.3 Å². The molecule has 0 spiro atoms. The molecule has 2 nitrogen and oxygen atoms in total. The van der Waals surface area contributed by atoms with Crippen molar-refractivity contribution in [3.8, 4) is 0 Å². The number of rotatable bonds is 8. The van der Waals surface area contributed by atoms with E-state index in [9.17, 15) is 0 Å². The Morgan fingerprint density at radius 3 is 2.52 bits per heavy atom. The zero-order chi connectivity index (χ0) is 15.1. The summed E-state index contributed by atoms with van der Waals surface area (Å²) in [6, 6.07) is 12.8. The summed E-state index contributed by atoms with van der Waals surface area (Å²) >= 11 is 7.65. The predicted octanol–water partition coefficient (Wildman–Crippen LogP) is 4.53. The van der Waals surface area contributed by atoms with E-state index in [1.807, 2.05) is 6.07 Å². The van der Waals surface area contributed by atoms with Gasteiger partial charge in [-0.3, -0.25) is 4.90 Å². The minimum atomic E-state index is 0.863. The normalized spacial score (nSPS) is 11.2. The number of benzene rings is 1. The molecular formula is C17H23ClN2S. The molecule has 0 radical (unpaired) electrons. The first-order valence-electron chi connectivity index (χ1n) is 7.39. The van der Waals surface area contributed by atoms with Gasteiger partial charge in [-0.15, -0.1) is 11.3 Å². The van der Waals surface area contributed by atoms with Gasteiger partial charge in [0, 0.05) is 24.5 Å². The SMILES string of the molecule is CCCNCc1ccccc1CN(C)Cc1ccc(Cl)s1. The summed E-state index contributed by atoms with van der Waals surface area (Å²) in [5.74, 6) is 0. The number of hydrogen-bond donors (Lipinski definition) is 1. The Morgan fingerprint density at radius 2 is 1.86 bits per heavy atom. The van der Waals surface area contributed by atoms with E-state index in [2.05, 4.69) is 54.5 Å². The van der Waals surface area contributed by atoms with Crippen molar-refractivity contribution in [1.82, 2.24) is 10.2 Å². The smallest absolute Gasteiger partial charge is 0.0931 e. The van der Waals surface area contributed by atoms with E-state index in [0.29, 0.717) is 0 Å². The highest BCUT2D eigenvalue weighted by molar-refractivity contribution is 7.16. The van der Waals surface area contributed by atoms with Crippen LogP contribution >= 0.6 is 22.9 Å². The second-order valence-electron chi connectivity index (χ2n) is 5.32. The van der Waals surface area contributed by atoms with Gasteiger partial charge in [-0.2, -0.15) is 0 Å². The molecule has 2 rings (SSSR count). The molecule has 0 aliphatic carbocycles. The zero-order valence-corrected chi connectivity index (χ0v) is 14.3. The minimum Gasteiger partial charge on any atom is -0.313 e. The van der Waals surface area contributed by atoms with E-state index >= 15 is 0 Å². The molecule has 21 heavy (non-hydrogen) atoms. The Hall–Kier alpha value is -0.870. The lowest BCUT2D eigenvalue weighted by molar-refractivity contribution is 0.320. The van der Waals surface area contributed by atoms with Gasteiger partial charge >= 0.3 is 0 Å². The molecule has 1 aromatic heterocycles. The number of thiophene rings is 1. The van der Waals surface area contributed by atoms with Crippen LogP contribution in [0.3, 0.4) is 0 Å². The van der Waals surface area contributed by atoms with Crippen molar-refractivity contribution in [2.24, 2.45) is 0 Å². The van der Waals surface area contributed by atoms with Crippen LogP contribution in [0.4, 0.5) is 0 Å². The maximum Gasteiger partial charge on any atom is 0.0931 e. The predicted molar refractivity (Wildman–Crippen MR) is 92.9 cm³/mol. The molecule has 0 unspecified atom stereocenters. The van der Waals surface area contributed by atoms with Gasteiger partial charge in [0.05, 0.1) is 4.34 Å². The highest BCUT2D eigenvalue weighted by atomic mass is 35.5. The molecule has 0 saturated heterocycles. The summed E-state index contributed by atoms with van der Waals surface area (Å²) in [5.41, 5.74) is 2.79. The lowest BCUT2D eigenvalue weighted by atomic mass is 10.1. The summed E-state index contributed by atoms with van der Waals surface area (Å²) in [7, 11) is 2.16. The number of hydrogen-bond acceptors (Lipinski definition) is 3. The average Bonchev–Trinajstić information content (AvgIpc) is 2.86. The van der Waals surface area contributed by atoms with Crippen molar-refractivity contribution in [3.63, 3.8) is 0 Å². The first-order chi connectivity index (χ1) is 10.2. The Kier molecular flexibility index (Phi) is 6.71. The van der Waals surface area contributed by atoms with Crippen molar-refractivity contribution < 1.29 is 0 Å². The third kappa shape index (κ3) is 5.44. The van der Waals surface area contributed by atoms with Crippen LogP contribution in [0.15, 0.2) is 36.4 Å². The molecule has 1 N–H and O–H groups in total. The number of nitrogens with one attached hydrogen (secondary N) is 1. The molecule has 0 aliphatic heterocycles. The van der Waals surface area contributed by atoms with Crippen molar-refractivity contribution in [1.29, 1.82) is 0 Å². The van der Waals surface area contributed by atoms with Crippen LogP contribution in [0.5, 0.6) is 0 Å². The van der Waals surface area contributed by atoms with Crippen molar-refractivity contribution in [2.75, 3.05) is 13.6 Å². The van der Waals surface area contributed by atoms with Gasteiger partial charge in [0.25, 0.3) is 0 Å². The van der Waals surface area contributed by atoms with Crippen LogP contribution in [-0.4, -0.2) is 18.5 Å². The monoisotopic (exact) mass is 322 g/mol. The van der Waals surface area contributed by atoms with Gasteiger partial charge < -0.3 is 5.32 Å². The average molecular weight is 323 g/mol. The second-order valence-corrected chi connectivity index (χ2v) is 7.12. The fraction of sp³-hybridized carbons (Fsp3) is 0.412. The second kappa shape index (κ2) is 8.54. The molecule has 0 saturated carbocycles. The molecule has 1 aromatic carbocycles. The standard InChI is InChI=1S/C17H23ClN2S/c1-3-10-19-11-14-6-4-5-7-15(14)12-20(2)13-16-8-9-17(18)21-16/h4-9,19H,3,10-13H2,1-2H3. The lowest BCUT2D eigenvalue weighted by Crippen LogP contribution is -2.20. The molecule has 0 aliphatic rings. The Balaban J connectivity index is 1.94. The molecule has 0 bridgehead atoms. The fourth-order valence-electron chi connectivity index (χ4n) is 2.33. The molecule has 4 heteroatoms. The third-order valence-corrected chi connectivity index (χ3v) is 4.57. The van der Waals surface area contributed by atoms with E-state index in [4.69, 9.17) is 11.6 Å². The van der Waals surface area contributed by atoms with Crippen LogP contribution in [0.25, 0.3) is 0 Å². The maximum atomic E-state index is 5.99. The molecular weight excluding hydrogens is 300 g/mol.